The van der Waals surface area contributed by atoms with Gasteiger partial charge in [-0.1, -0.05) is 24.8 Å². The van der Waals surface area contributed by atoms with E-state index < -0.39 is 0 Å². The Labute approximate surface area is 70.5 Å². The number of aryl methyl sites for hydroxylation is 1. The first-order valence-electron chi connectivity index (χ1n) is 3.71. The van der Waals surface area contributed by atoms with Crippen LogP contribution in [-0.2, 0) is 4.74 Å². The van der Waals surface area contributed by atoms with E-state index in [-0.39, 0.29) is 5.97 Å². The maximum absolute atomic E-state index is 11.2. The molecule has 0 radical (unpaired) electrons. The molecule has 0 amide bonds. The Bertz CT molecular complexity index is 377. The SMILES string of the molecule is C=C1OC(=O)c2c(C)cccc21. The molecule has 2 nitrogen and oxygen atoms in total. The summed E-state index contributed by atoms with van der Waals surface area (Å²) >= 11 is 0. The summed E-state index contributed by atoms with van der Waals surface area (Å²) in [4.78, 5) is 11.2. The second-order valence-corrected chi connectivity index (χ2v) is 2.81. The largest absolute Gasteiger partial charge is 0.423 e. The molecule has 12 heavy (non-hydrogen) atoms. The highest BCUT2D eigenvalue weighted by Gasteiger charge is 2.25. The lowest BCUT2D eigenvalue weighted by Gasteiger charge is -1.96. The third-order valence-electron chi connectivity index (χ3n) is 1.99. The summed E-state index contributed by atoms with van der Waals surface area (Å²) in [7, 11) is 0. The van der Waals surface area contributed by atoms with Crippen molar-refractivity contribution in [2.75, 3.05) is 0 Å². The number of hydrogen-bond donors (Lipinski definition) is 0. The van der Waals surface area contributed by atoms with Crippen LogP contribution in [0.15, 0.2) is 24.8 Å². The number of carbonyl (C=O) groups is 1. The minimum atomic E-state index is -0.284. The Hall–Kier alpha value is -1.57. The van der Waals surface area contributed by atoms with Gasteiger partial charge in [0.1, 0.15) is 5.76 Å². The minimum Gasteiger partial charge on any atom is -0.423 e. The van der Waals surface area contributed by atoms with E-state index in [4.69, 9.17) is 4.74 Å². The van der Waals surface area contributed by atoms with Crippen LogP contribution in [0.25, 0.3) is 5.76 Å². The van der Waals surface area contributed by atoms with Crippen LogP contribution in [-0.4, -0.2) is 5.97 Å². The summed E-state index contributed by atoms with van der Waals surface area (Å²) in [5.41, 5.74) is 2.42. The van der Waals surface area contributed by atoms with Crippen LogP contribution in [0.4, 0.5) is 0 Å². The Kier molecular flexibility index (Phi) is 1.30. The van der Waals surface area contributed by atoms with Gasteiger partial charge in [0.2, 0.25) is 0 Å². The predicted molar refractivity (Wildman–Crippen MR) is 45.6 cm³/mol. The van der Waals surface area contributed by atoms with Crippen LogP contribution < -0.4 is 0 Å². The Morgan fingerprint density at radius 1 is 1.42 bits per heavy atom. The van der Waals surface area contributed by atoms with Crippen molar-refractivity contribution in [3.8, 4) is 0 Å². The third-order valence-corrected chi connectivity index (χ3v) is 1.99. The van der Waals surface area contributed by atoms with E-state index in [0.29, 0.717) is 11.3 Å². The second-order valence-electron chi connectivity index (χ2n) is 2.81. The molecule has 1 heterocycles. The molecule has 0 saturated carbocycles. The fourth-order valence-corrected chi connectivity index (χ4v) is 1.39. The summed E-state index contributed by atoms with van der Waals surface area (Å²) in [6.07, 6.45) is 0. The molecular formula is C10H8O2. The molecule has 2 heteroatoms. The average molecular weight is 160 g/mol. The summed E-state index contributed by atoms with van der Waals surface area (Å²) < 4.78 is 4.88. The summed E-state index contributed by atoms with van der Waals surface area (Å²) in [5, 5.41) is 0. The fourth-order valence-electron chi connectivity index (χ4n) is 1.39. The smallest absolute Gasteiger partial charge is 0.344 e. The lowest BCUT2D eigenvalue weighted by Crippen LogP contribution is -1.96. The number of fused-ring (bicyclic) bond motifs is 1. The van der Waals surface area contributed by atoms with Crippen molar-refractivity contribution in [1.82, 2.24) is 0 Å². The number of esters is 1. The zero-order valence-corrected chi connectivity index (χ0v) is 6.76. The molecule has 0 unspecified atom stereocenters. The first-order valence-corrected chi connectivity index (χ1v) is 3.71. The van der Waals surface area contributed by atoms with Gasteiger partial charge in [-0.2, -0.15) is 0 Å². The molecule has 1 aromatic carbocycles. The van der Waals surface area contributed by atoms with Crippen LogP contribution in [0.3, 0.4) is 0 Å². The van der Waals surface area contributed by atoms with Crippen LogP contribution in [0.1, 0.15) is 21.5 Å². The maximum Gasteiger partial charge on any atom is 0.344 e. The molecule has 0 aromatic heterocycles. The lowest BCUT2D eigenvalue weighted by molar-refractivity contribution is 0.0716. The maximum atomic E-state index is 11.2. The number of carbonyl (C=O) groups excluding carboxylic acids is 1. The molecule has 60 valence electrons. The van der Waals surface area contributed by atoms with Gasteiger partial charge in [0.25, 0.3) is 0 Å². The average Bonchev–Trinajstić information content (AvgIpc) is 2.29. The highest BCUT2D eigenvalue weighted by Crippen LogP contribution is 2.29. The number of cyclic esters (lactones) is 1. The van der Waals surface area contributed by atoms with Crippen molar-refractivity contribution >= 4 is 11.7 Å². The normalized spacial score (nSPS) is 14.4. The van der Waals surface area contributed by atoms with Gasteiger partial charge < -0.3 is 4.74 Å². The van der Waals surface area contributed by atoms with Gasteiger partial charge in [-0.3, -0.25) is 0 Å². The van der Waals surface area contributed by atoms with Crippen LogP contribution >= 0.6 is 0 Å². The molecule has 0 atom stereocenters. The zero-order valence-electron chi connectivity index (χ0n) is 6.76. The number of benzene rings is 1. The van der Waals surface area contributed by atoms with Crippen LogP contribution in [0.5, 0.6) is 0 Å². The molecule has 0 bridgehead atoms. The van der Waals surface area contributed by atoms with Gasteiger partial charge in [-0.05, 0) is 12.5 Å². The van der Waals surface area contributed by atoms with Gasteiger partial charge >= 0.3 is 5.97 Å². The summed E-state index contributed by atoms with van der Waals surface area (Å²) in [6, 6.07) is 5.62. The third kappa shape index (κ3) is 0.780. The van der Waals surface area contributed by atoms with Crippen molar-refractivity contribution in [3.63, 3.8) is 0 Å². The van der Waals surface area contributed by atoms with Crippen molar-refractivity contribution in [3.05, 3.63) is 41.5 Å². The van der Waals surface area contributed by atoms with Gasteiger partial charge in [0, 0.05) is 5.56 Å². The van der Waals surface area contributed by atoms with E-state index in [1.54, 1.807) is 0 Å². The van der Waals surface area contributed by atoms with E-state index in [2.05, 4.69) is 6.58 Å². The van der Waals surface area contributed by atoms with Gasteiger partial charge in [-0.15, -0.1) is 0 Å². The van der Waals surface area contributed by atoms with E-state index in [9.17, 15) is 4.79 Å². The molecular weight excluding hydrogens is 152 g/mol. The van der Waals surface area contributed by atoms with Crippen molar-refractivity contribution in [2.24, 2.45) is 0 Å². The van der Waals surface area contributed by atoms with Crippen molar-refractivity contribution in [1.29, 1.82) is 0 Å². The first kappa shape index (κ1) is 7.10. The highest BCUT2D eigenvalue weighted by atomic mass is 16.5. The van der Waals surface area contributed by atoms with E-state index in [0.717, 1.165) is 11.1 Å². The molecule has 0 spiro atoms. The quantitative estimate of drug-likeness (QED) is 0.543. The number of rotatable bonds is 0. The number of ether oxygens (including phenoxy) is 1. The standard InChI is InChI=1S/C10H8O2/c1-6-4-3-5-8-7(2)12-10(11)9(6)8/h3-5H,2H2,1H3. The predicted octanol–water partition coefficient (Wildman–Crippen LogP) is 2.14. The molecule has 0 N–H and O–H groups in total. The Balaban J connectivity index is 2.75. The topological polar surface area (TPSA) is 26.3 Å². The van der Waals surface area contributed by atoms with E-state index >= 15 is 0 Å². The molecule has 1 aliphatic heterocycles. The monoisotopic (exact) mass is 160 g/mol. The molecule has 1 aliphatic rings. The summed E-state index contributed by atoms with van der Waals surface area (Å²) in [5.74, 6) is 0.173. The lowest BCUT2D eigenvalue weighted by atomic mass is 10.0. The van der Waals surface area contributed by atoms with Crippen LogP contribution in [0.2, 0.25) is 0 Å². The molecule has 1 aromatic rings. The van der Waals surface area contributed by atoms with Gasteiger partial charge in [-0.25, -0.2) is 4.79 Å². The molecule has 0 fully saturated rings. The van der Waals surface area contributed by atoms with Gasteiger partial charge in [0.15, 0.2) is 0 Å². The Morgan fingerprint density at radius 3 is 2.83 bits per heavy atom. The second kappa shape index (κ2) is 2.21. The number of hydrogen-bond acceptors (Lipinski definition) is 2. The molecule has 0 saturated heterocycles. The molecule has 2 rings (SSSR count). The van der Waals surface area contributed by atoms with Crippen molar-refractivity contribution in [2.45, 2.75) is 6.92 Å². The van der Waals surface area contributed by atoms with E-state index in [1.807, 2.05) is 25.1 Å². The minimum absolute atomic E-state index is 0.284. The fraction of sp³-hybridized carbons (Fsp3) is 0.100. The molecule has 0 aliphatic carbocycles. The van der Waals surface area contributed by atoms with Gasteiger partial charge in [0.05, 0.1) is 5.56 Å². The van der Waals surface area contributed by atoms with E-state index in [1.165, 1.54) is 0 Å². The highest BCUT2D eigenvalue weighted by molar-refractivity contribution is 6.03. The first-order chi connectivity index (χ1) is 5.70. The zero-order chi connectivity index (χ0) is 8.72. The summed E-state index contributed by atoms with van der Waals surface area (Å²) in [6.45, 7) is 5.53. The van der Waals surface area contributed by atoms with Crippen LogP contribution in [0, 0.1) is 6.92 Å². The van der Waals surface area contributed by atoms with Crippen molar-refractivity contribution < 1.29 is 9.53 Å². The Morgan fingerprint density at radius 2 is 2.17 bits per heavy atom.